The third kappa shape index (κ3) is 4.94. The van der Waals surface area contributed by atoms with Crippen LogP contribution in [-0.4, -0.2) is 21.5 Å². The number of rotatable bonds is 5. The maximum atomic E-state index is 13.8. The first-order chi connectivity index (χ1) is 9.66. The molecule has 2 nitrogen and oxygen atoms in total. The van der Waals surface area contributed by atoms with Crippen molar-refractivity contribution in [2.24, 2.45) is 0 Å². The molecule has 1 aromatic rings. The fourth-order valence-electron chi connectivity index (χ4n) is 1.85. The molecule has 21 heavy (non-hydrogen) atoms. The highest BCUT2D eigenvalue weighted by Gasteiger charge is 2.31. The average molecular weight is 317 g/mol. The average Bonchev–Trinajstić information content (AvgIpc) is 2.39. The monoisotopic (exact) mass is 317 g/mol. The largest absolute Gasteiger partial charge is 0.616 e. The van der Waals surface area contributed by atoms with Gasteiger partial charge in [0.25, 0.3) is 0 Å². The van der Waals surface area contributed by atoms with E-state index in [1.807, 2.05) is 0 Å². The molecule has 0 bridgehead atoms. The summed E-state index contributed by atoms with van der Waals surface area (Å²) in [5.41, 5.74) is -0.0519. The van der Waals surface area contributed by atoms with Crippen molar-refractivity contribution in [1.82, 2.24) is 0 Å². The van der Waals surface area contributed by atoms with Crippen LogP contribution in [0.15, 0.2) is 18.2 Å². The molecule has 0 aliphatic rings. The standard InChI is InChI=1S/C15H18F3NOS/c1-15(2,3)21(20)7-6-11(14(17)18)12-8-10(9-19)4-5-13(12)16/h4-5,8,11,14H,6-7H2,1-3H3/t11-,21?/m1/s1. The summed E-state index contributed by atoms with van der Waals surface area (Å²) in [5.74, 6) is -2.06. The van der Waals surface area contributed by atoms with Crippen molar-refractivity contribution in [3.05, 3.63) is 35.1 Å². The Labute approximate surface area is 126 Å². The lowest BCUT2D eigenvalue weighted by molar-refractivity contribution is 0.110. The molecule has 0 aromatic heterocycles. The first kappa shape index (κ1) is 17.9. The van der Waals surface area contributed by atoms with E-state index < -0.39 is 34.1 Å². The van der Waals surface area contributed by atoms with Crippen molar-refractivity contribution in [2.75, 3.05) is 5.75 Å². The Kier molecular flexibility index (Phi) is 6.11. The van der Waals surface area contributed by atoms with Crippen LogP contribution in [-0.2, 0) is 11.2 Å². The first-order valence-electron chi connectivity index (χ1n) is 6.53. The summed E-state index contributed by atoms with van der Waals surface area (Å²) < 4.78 is 51.6. The maximum Gasteiger partial charge on any atom is 0.245 e. The van der Waals surface area contributed by atoms with E-state index in [2.05, 4.69) is 0 Å². The molecule has 0 fully saturated rings. The van der Waals surface area contributed by atoms with Gasteiger partial charge in [0, 0.05) is 6.42 Å². The predicted molar refractivity (Wildman–Crippen MR) is 77.2 cm³/mol. The zero-order valence-electron chi connectivity index (χ0n) is 12.2. The van der Waals surface area contributed by atoms with Gasteiger partial charge in [0.05, 0.1) is 17.6 Å². The van der Waals surface area contributed by atoms with Crippen molar-refractivity contribution in [2.45, 2.75) is 44.3 Å². The van der Waals surface area contributed by atoms with Crippen molar-refractivity contribution in [3.63, 3.8) is 0 Å². The SMILES string of the molecule is CC(C)(C)[S+]([O-])CC[C@H](c1cc(C#N)ccc1F)C(F)F. The highest BCUT2D eigenvalue weighted by atomic mass is 32.2. The molecule has 1 unspecified atom stereocenters. The molecule has 0 spiro atoms. The van der Waals surface area contributed by atoms with E-state index in [0.29, 0.717) is 0 Å². The summed E-state index contributed by atoms with van der Waals surface area (Å²) in [4.78, 5) is 0. The molecule has 0 amide bonds. The Morgan fingerprint density at radius 1 is 1.33 bits per heavy atom. The molecule has 6 heteroatoms. The summed E-state index contributed by atoms with van der Waals surface area (Å²) in [7, 11) is 0. The summed E-state index contributed by atoms with van der Waals surface area (Å²) in [6.45, 7) is 5.28. The lowest BCUT2D eigenvalue weighted by Gasteiger charge is -2.26. The van der Waals surface area contributed by atoms with Gasteiger partial charge < -0.3 is 4.55 Å². The second kappa shape index (κ2) is 7.19. The Morgan fingerprint density at radius 3 is 2.43 bits per heavy atom. The van der Waals surface area contributed by atoms with Gasteiger partial charge in [0.15, 0.2) is 0 Å². The number of halogens is 3. The highest BCUT2D eigenvalue weighted by molar-refractivity contribution is 7.92. The summed E-state index contributed by atoms with van der Waals surface area (Å²) in [6, 6.07) is 5.21. The second-order valence-corrected chi connectivity index (χ2v) is 8.06. The molecular formula is C15H18F3NOS. The Morgan fingerprint density at radius 2 is 1.95 bits per heavy atom. The molecule has 1 rings (SSSR count). The Balaban J connectivity index is 2.96. The van der Waals surface area contributed by atoms with Gasteiger partial charge in [-0.05, 0) is 55.7 Å². The molecule has 0 N–H and O–H groups in total. The third-order valence-electron chi connectivity index (χ3n) is 3.13. The molecule has 0 heterocycles. The number of nitrogens with zero attached hydrogens (tertiary/aromatic N) is 1. The molecule has 1 aromatic carbocycles. The van der Waals surface area contributed by atoms with Gasteiger partial charge in [-0.25, -0.2) is 13.2 Å². The van der Waals surface area contributed by atoms with E-state index in [9.17, 15) is 17.7 Å². The topological polar surface area (TPSA) is 46.8 Å². The Bertz CT molecular complexity index is 523. The van der Waals surface area contributed by atoms with Gasteiger partial charge in [-0.3, -0.25) is 0 Å². The molecule has 0 saturated carbocycles. The normalized spacial score (nSPS) is 14.8. The fraction of sp³-hybridized carbons (Fsp3) is 0.533. The van der Waals surface area contributed by atoms with E-state index in [-0.39, 0.29) is 23.3 Å². The van der Waals surface area contributed by atoms with Crippen LogP contribution >= 0.6 is 0 Å². The minimum atomic E-state index is -2.77. The third-order valence-corrected chi connectivity index (χ3v) is 5.10. The van der Waals surface area contributed by atoms with Gasteiger partial charge >= 0.3 is 0 Å². The van der Waals surface area contributed by atoms with Crippen LogP contribution in [0.5, 0.6) is 0 Å². The first-order valence-corrected chi connectivity index (χ1v) is 7.85. The maximum absolute atomic E-state index is 13.8. The smallest absolute Gasteiger partial charge is 0.245 e. The van der Waals surface area contributed by atoms with Crippen LogP contribution in [0.2, 0.25) is 0 Å². The number of benzene rings is 1. The van der Waals surface area contributed by atoms with Gasteiger partial charge in [-0.1, -0.05) is 0 Å². The molecule has 0 aliphatic carbocycles. The van der Waals surface area contributed by atoms with E-state index in [0.717, 1.165) is 12.1 Å². The van der Waals surface area contributed by atoms with Crippen LogP contribution in [0.25, 0.3) is 0 Å². The van der Waals surface area contributed by atoms with Crippen LogP contribution in [0.4, 0.5) is 13.2 Å². The molecule has 0 aliphatic heterocycles. The van der Waals surface area contributed by atoms with Gasteiger partial charge in [0.2, 0.25) is 6.43 Å². The van der Waals surface area contributed by atoms with E-state index in [4.69, 9.17) is 5.26 Å². The minimum absolute atomic E-state index is 0.0642. The zero-order valence-corrected chi connectivity index (χ0v) is 13.0. The lowest BCUT2D eigenvalue weighted by Crippen LogP contribution is -2.31. The number of nitriles is 1. The lowest BCUT2D eigenvalue weighted by atomic mass is 9.95. The van der Waals surface area contributed by atoms with Crippen molar-refractivity contribution >= 4 is 11.2 Å². The number of hydrogen-bond acceptors (Lipinski definition) is 2. The summed E-state index contributed by atoms with van der Waals surface area (Å²) in [6.07, 6.45) is -2.86. The molecule has 0 radical (unpaired) electrons. The Hall–Kier alpha value is -1.19. The molecular weight excluding hydrogens is 299 g/mol. The van der Waals surface area contributed by atoms with Gasteiger partial charge in [-0.15, -0.1) is 0 Å². The highest BCUT2D eigenvalue weighted by Crippen LogP contribution is 2.31. The molecule has 2 atom stereocenters. The van der Waals surface area contributed by atoms with E-state index in [1.165, 1.54) is 6.07 Å². The van der Waals surface area contributed by atoms with Crippen molar-refractivity contribution in [3.8, 4) is 6.07 Å². The molecule has 116 valence electrons. The number of alkyl halides is 2. The number of hydrogen-bond donors (Lipinski definition) is 0. The quantitative estimate of drug-likeness (QED) is 0.771. The van der Waals surface area contributed by atoms with E-state index in [1.54, 1.807) is 26.8 Å². The minimum Gasteiger partial charge on any atom is -0.616 e. The van der Waals surface area contributed by atoms with Crippen LogP contribution < -0.4 is 0 Å². The molecule has 0 saturated heterocycles. The van der Waals surface area contributed by atoms with Crippen LogP contribution in [0.1, 0.15) is 44.2 Å². The van der Waals surface area contributed by atoms with Crippen LogP contribution in [0, 0.1) is 17.1 Å². The zero-order chi connectivity index (χ0) is 16.2. The van der Waals surface area contributed by atoms with Crippen molar-refractivity contribution < 1.29 is 17.7 Å². The van der Waals surface area contributed by atoms with Crippen molar-refractivity contribution in [1.29, 1.82) is 5.26 Å². The van der Waals surface area contributed by atoms with Gasteiger partial charge in [0.1, 0.15) is 16.3 Å². The fourth-order valence-corrected chi connectivity index (χ4v) is 2.94. The second-order valence-electron chi connectivity index (χ2n) is 5.74. The van der Waals surface area contributed by atoms with Gasteiger partial charge in [-0.2, -0.15) is 5.26 Å². The van der Waals surface area contributed by atoms with E-state index >= 15 is 0 Å². The summed E-state index contributed by atoms with van der Waals surface area (Å²) >= 11 is -1.28. The summed E-state index contributed by atoms with van der Waals surface area (Å²) in [5, 5.41) is 8.79. The predicted octanol–water partition coefficient (Wildman–Crippen LogP) is 3.98. The van der Waals surface area contributed by atoms with Crippen LogP contribution in [0.3, 0.4) is 0 Å².